The molecule has 0 radical (unpaired) electrons. The zero-order valence-electron chi connectivity index (χ0n) is 15.8. The van der Waals surface area contributed by atoms with Crippen molar-refractivity contribution in [1.29, 1.82) is 0 Å². The lowest BCUT2D eigenvalue weighted by molar-refractivity contribution is -0.151. The summed E-state index contributed by atoms with van der Waals surface area (Å²) >= 11 is 1.13. The van der Waals surface area contributed by atoms with E-state index in [4.69, 9.17) is 9.47 Å². The van der Waals surface area contributed by atoms with Crippen molar-refractivity contribution in [3.05, 3.63) is 27.1 Å². The van der Waals surface area contributed by atoms with Crippen LogP contribution in [0.1, 0.15) is 54.8 Å². The van der Waals surface area contributed by atoms with Gasteiger partial charge in [0.2, 0.25) is 0 Å². The molecule has 2 heterocycles. The summed E-state index contributed by atoms with van der Waals surface area (Å²) in [4.78, 5) is 42.1. The second kappa shape index (κ2) is 8.21. The van der Waals surface area contributed by atoms with Crippen molar-refractivity contribution in [3.63, 3.8) is 0 Å². The van der Waals surface area contributed by atoms with E-state index < -0.39 is 11.9 Å². The minimum Gasteiger partial charge on any atom is -0.462 e. The van der Waals surface area contributed by atoms with E-state index in [0.717, 1.165) is 37.0 Å². The van der Waals surface area contributed by atoms with Crippen molar-refractivity contribution in [2.24, 2.45) is 5.92 Å². The van der Waals surface area contributed by atoms with Crippen LogP contribution in [0.4, 0.5) is 0 Å². The summed E-state index contributed by atoms with van der Waals surface area (Å²) in [6.07, 6.45) is 5.10. The summed E-state index contributed by atoms with van der Waals surface area (Å²) in [7, 11) is 0. The molecule has 146 valence electrons. The maximum absolute atomic E-state index is 12.8. The molecule has 8 heteroatoms. The van der Waals surface area contributed by atoms with E-state index in [0.29, 0.717) is 26.6 Å². The third kappa shape index (κ3) is 4.21. The SMILES string of the molecule is CCOC(=O)c1sc2ncn(CC(=O)OC3CCC(C)CC3)c(=O)c2c1C. The molecule has 1 saturated carbocycles. The highest BCUT2D eigenvalue weighted by Gasteiger charge is 2.23. The number of rotatable bonds is 5. The predicted octanol–water partition coefficient (Wildman–Crippen LogP) is 3.07. The number of esters is 2. The van der Waals surface area contributed by atoms with Gasteiger partial charge in [-0.1, -0.05) is 6.92 Å². The largest absolute Gasteiger partial charge is 0.462 e. The summed E-state index contributed by atoms with van der Waals surface area (Å²) in [5, 5.41) is 0.352. The van der Waals surface area contributed by atoms with Crippen molar-refractivity contribution < 1.29 is 19.1 Å². The average molecular weight is 392 g/mol. The van der Waals surface area contributed by atoms with Crippen LogP contribution in [-0.4, -0.2) is 34.2 Å². The van der Waals surface area contributed by atoms with E-state index in [1.54, 1.807) is 13.8 Å². The van der Waals surface area contributed by atoms with Gasteiger partial charge in [0.05, 0.1) is 18.3 Å². The number of aryl methyl sites for hydroxylation is 1. The van der Waals surface area contributed by atoms with Crippen LogP contribution in [-0.2, 0) is 20.8 Å². The van der Waals surface area contributed by atoms with Crippen molar-refractivity contribution in [2.75, 3.05) is 6.61 Å². The Balaban J connectivity index is 1.78. The van der Waals surface area contributed by atoms with Crippen LogP contribution in [0.3, 0.4) is 0 Å². The first-order valence-electron chi connectivity index (χ1n) is 9.25. The fourth-order valence-electron chi connectivity index (χ4n) is 3.37. The van der Waals surface area contributed by atoms with Gasteiger partial charge in [-0.3, -0.25) is 14.2 Å². The molecule has 0 saturated heterocycles. The minimum absolute atomic E-state index is 0.0700. The molecular weight excluding hydrogens is 368 g/mol. The summed E-state index contributed by atoms with van der Waals surface area (Å²) in [6.45, 7) is 5.70. The molecule has 1 fully saturated rings. The van der Waals surface area contributed by atoms with Crippen molar-refractivity contribution >= 4 is 33.5 Å². The highest BCUT2D eigenvalue weighted by molar-refractivity contribution is 7.20. The Morgan fingerprint density at radius 2 is 2.00 bits per heavy atom. The lowest BCUT2D eigenvalue weighted by Gasteiger charge is -2.26. The van der Waals surface area contributed by atoms with Gasteiger partial charge in [-0.05, 0) is 51.0 Å². The quantitative estimate of drug-likeness (QED) is 0.727. The molecule has 0 aliphatic heterocycles. The summed E-state index contributed by atoms with van der Waals surface area (Å²) in [5.74, 6) is -0.226. The molecule has 7 nitrogen and oxygen atoms in total. The Morgan fingerprint density at radius 1 is 1.30 bits per heavy atom. The maximum Gasteiger partial charge on any atom is 0.348 e. The van der Waals surface area contributed by atoms with E-state index >= 15 is 0 Å². The lowest BCUT2D eigenvalue weighted by Crippen LogP contribution is -2.29. The number of hydrogen-bond acceptors (Lipinski definition) is 7. The van der Waals surface area contributed by atoms with Crippen molar-refractivity contribution in [1.82, 2.24) is 9.55 Å². The van der Waals surface area contributed by atoms with Gasteiger partial charge in [0.15, 0.2) is 0 Å². The van der Waals surface area contributed by atoms with Crippen LogP contribution in [0.25, 0.3) is 10.2 Å². The summed E-state index contributed by atoms with van der Waals surface area (Å²) < 4.78 is 11.8. The molecular formula is C19H24N2O5S. The highest BCUT2D eigenvalue weighted by Crippen LogP contribution is 2.28. The van der Waals surface area contributed by atoms with E-state index in [2.05, 4.69) is 11.9 Å². The van der Waals surface area contributed by atoms with E-state index in [-0.39, 0.29) is 24.8 Å². The van der Waals surface area contributed by atoms with E-state index in [9.17, 15) is 14.4 Å². The first kappa shape index (κ1) is 19.5. The van der Waals surface area contributed by atoms with Crippen LogP contribution in [0.15, 0.2) is 11.1 Å². The van der Waals surface area contributed by atoms with E-state index in [1.807, 2.05) is 0 Å². The van der Waals surface area contributed by atoms with Crippen LogP contribution < -0.4 is 5.56 Å². The number of thiophene rings is 1. The summed E-state index contributed by atoms with van der Waals surface area (Å²) in [6, 6.07) is 0. The molecule has 27 heavy (non-hydrogen) atoms. The zero-order valence-corrected chi connectivity index (χ0v) is 16.6. The Hall–Kier alpha value is -2.22. The van der Waals surface area contributed by atoms with E-state index in [1.165, 1.54) is 10.9 Å². The second-order valence-corrected chi connectivity index (χ2v) is 8.01. The standard InChI is InChI=1S/C19H24N2O5S/c1-4-25-19(24)16-12(3)15-17(27-16)20-10-21(18(15)23)9-14(22)26-13-7-5-11(2)6-8-13/h10-11,13H,4-9H2,1-3H3. The first-order chi connectivity index (χ1) is 12.9. The van der Waals surface area contributed by atoms with Crippen LogP contribution >= 0.6 is 11.3 Å². The van der Waals surface area contributed by atoms with Gasteiger partial charge >= 0.3 is 11.9 Å². The average Bonchev–Trinajstić information content (AvgIpc) is 2.97. The highest BCUT2D eigenvalue weighted by atomic mass is 32.1. The molecule has 0 atom stereocenters. The Bertz CT molecular complexity index is 909. The molecule has 0 spiro atoms. The number of aromatic nitrogens is 2. The minimum atomic E-state index is -0.463. The maximum atomic E-state index is 12.8. The van der Waals surface area contributed by atoms with Gasteiger partial charge in [-0.2, -0.15) is 0 Å². The fraction of sp³-hybridized carbons (Fsp3) is 0.579. The number of hydrogen-bond donors (Lipinski definition) is 0. The fourth-order valence-corrected chi connectivity index (χ4v) is 4.41. The summed E-state index contributed by atoms with van der Waals surface area (Å²) in [5.41, 5.74) is 0.188. The van der Waals surface area contributed by atoms with Gasteiger partial charge in [0.25, 0.3) is 5.56 Å². The van der Waals surface area contributed by atoms with Gasteiger partial charge in [-0.25, -0.2) is 9.78 Å². The Labute approximate surface area is 161 Å². The first-order valence-corrected chi connectivity index (χ1v) is 10.1. The Kier molecular flexibility index (Phi) is 5.94. The number of fused-ring (bicyclic) bond motifs is 1. The van der Waals surface area contributed by atoms with Crippen LogP contribution in [0.2, 0.25) is 0 Å². The van der Waals surface area contributed by atoms with Gasteiger partial charge in [0, 0.05) is 0 Å². The molecule has 0 amide bonds. The normalized spacial score (nSPS) is 19.8. The number of ether oxygens (including phenoxy) is 2. The molecule has 2 aromatic rings. The predicted molar refractivity (Wildman–Crippen MR) is 102 cm³/mol. The molecule has 2 aromatic heterocycles. The van der Waals surface area contributed by atoms with Crippen LogP contribution in [0, 0.1) is 12.8 Å². The molecule has 1 aliphatic rings. The monoisotopic (exact) mass is 392 g/mol. The second-order valence-electron chi connectivity index (χ2n) is 7.01. The molecule has 0 unspecified atom stereocenters. The van der Waals surface area contributed by atoms with Gasteiger partial charge in [-0.15, -0.1) is 11.3 Å². The third-order valence-corrected chi connectivity index (χ3v) is 6.12. The molecule has 3 rings (SSSR count). The number of carbonyl (C=O) groups excluding carboxylic acids is 2. The zero-order chi connectivity index (χ0) is 19.6. The third-order valence-electron chi connectivity index (χ3n) is 4.94. The number of carbonyl (C=O) groups is 2. The topological polar surface area (TPSA) is 87.5 Å². The molecule has 0 aromatic carbocycles. The molecule has 1 aliphatic carbocycles. The Morgan fingerprint density at radius 3 is 2.67 bits per heavy atom. The van der Waals surface area contributed by atoms with Gasteiger partial charge < -0.3 is 9.47 Å². The van der Waals surface area contributed by atoms with Crippen molar-refractivity contribution in [2.45, 2.75) is 59.1 Å². The molecule has 0 N–H and O–H groups in total. The van der Waals surface area contributed by atoms with Crippen LogP contribution in [0.5, 0.6) is 0 Å². The van der Waals surface area contributed by atoms with Crippen molar-refractivity contribution in [3.8, 4) is 0 Å². The number of nitrogens with zero attached hydrogens (tertiary/aromatic N) is 2. The smallest absolute Gasteiger partial charge is 0.348 e. The lowest BCUT2D eigenvalue weighted by atomic mass is 9.89. The molecule has 0 bridgehead atoms. The van der Waals surface area contributed by atoms with Gasteiger partial charge in [0.1, 0.15) is 22.4 Å².